The van der Waals surface area contributed by atoms with Crippen molar-refractivity contribution in [3.05, 3.63) is 30.3 Å². The largest absolute Gasteiger partial charge is 0.396 e. The van der Waals surface area contributed by atoms with E-state index in [2.05, 4.69) is 5.32 Å². The van der Waals surface area contributed by atoms with E-state index in [1.54, 1.807) is 17.0 Å². The highest BCUT2D eigenvalue weighted by Gasteiger charge is 2.26. The van der Waals surface area contributed by atoms with Gasteiger partial charge in [0.25, 0.3) is 5.91 Å². The van der Waals surface area contributed by atoms with Crippen molar-refractivity contribution in [2.75, 3.05) is 24.6 Å². The van der Waals surface area contributed by atoms with Crippen molar-refractivity contribution in [2.45, 2.75) is 53.4 Å². The number of anilines is 1. The first-order valence-electron chi connectivity index (χ1n) is 10.3. The average Bonchev–Trinajstić information content (AvgIpc) is 2.71. The summed E-state index contributed by atoms with van der Waals surface area (Å²) in [5, 5.41) is 21.8. The summed E-state index contributed by atoms with van der Waals surface area (Å²) in [5.74, 6) is -0.473. The highest BCUT2D eigenvalue weighted by molar-refractivity contribution is 5.95. The van der Waals surface area contributed by atoms with E-state index >= 15 is 0 Å². The number of hydroxylamine groups is 2. The van der Waals surface area contributed by atoms with Crippen LogP contribution in [-0.4, -0.2) is 52.9 Å². The number of carbonyl (C=O) groups is 3. The number of nitrogens with zero attached hydrogens (tertiary/aromatic N) is 2. The minimum atomic E-state index is -0.945. The summed E-state index contributed by atoms with van der Waals surface area (Å²) < 4.78 is 0. The van der Waals surface area contributed by atoms with Gasteiger partial charge in [-0.3, -0.25) is 14.8 Å². The van der Waals surface area contributed by atoms with Gasteiger partial charge in [0.15, 0.2) is 0 Å². The molecule has 0 radical (unpaired) electrons. The van der Waals surface area contributed by atoms with Crippen molar-refractivity contribution in [1.82, 2.24) is 10.4 Å². The van der Waals surface area contributed by atoms with Crippen molar-refractivity contribution in [2.24, 2.45) is 11.3 Å². The third-order valence-electron chi connectivity index (χ3n) is 4.60. The second kappa shape index (κ2) is 12.3. The summed E-state index contributed by atoms with van der Waals surface area (Å²) in [7, 11) is 0. The second-order valence-electron chi connectivity index (χ2n) is 8.61. The van der Waals surface area contributed by atoms with Gasteiger partial charge >= 0.3 is 6.03 Å². The number of nitrogens with one attached hydrogen (secondary N) is 1. The monoisotopic (exact) mass is 421 g/mol. The molecule has 0 unspecified atom stereocenters. The SMILES string of the molecule is CC(C)CCCC(=O)N(O)C(=O)NCCC(=O)N(CC(C)(C)CO)c1ccccc1. The molecular formula is C22H35N3O5. The van der Waals surface area contributed by atoms with E-state index < -0.39 is 17.4 Å². The van der Waals surface area contributed by atoms with E-state index in [1.165, 1.54) is 0 Å². The van der Waals surface area contributed by atoms with Crippen LogP contribution in [0.4, 0.5) is 10.5 Å². The van der Waals surface area contributed by atoms with Crippen LogP contribution < -0.4 is 10.2 Å². The molecule has 3 N–H and O–H groups in total. The molecule has 0 heterocycles. The second-order valence-corrected chi connectivity index (χ2v) is 8.61. The van der Waals surface area contributed by atoms with E-state index in [4.69, 9.17) is 0 Å². The van der Waals surface area contributed by atoms with Crippen molar-refractivity contribution in [3.63, 3.8) is 0 Å². The Kier molecular flexibility index (Phi) is 10.5. The number of imide groups is 1. The van der Waals surface area contributed by atoms with Gasteiger partial charge in [-0.15, -0.1) is 5.06 Å². The van der Waals surface area contributed by atoms with Gasteiger partial charge in [0, 0.05) is 43.6 Å². The molecule has 0 spiro atoms. The van der Waals surface area contributed by atoms with Crippen LogP contribution in [0.1, 0.15) is 53.4 Å². The summed E-state index contributed by atoms with van der Waals surface area (Å²) in [5.41, 5.74) is 0.193. The van der Waals surface area contributed by atoms with Crippen LogP contribution in [0.5, 0.6) is 0 Å². The van der Waals surface area contributed by atoms with Crippen molar-refractivity contribution in [3.8, 4) is 0 Å². The van der Waals surface area contributed by atoms with E-state index in [0.717, 1.165) is 6.42 Å². The molecule has 0 atom stereocenters. The molecule has 0 saturated heterocycles. The number of aliphatic hydroxyl groups is 1. The normalized spacial score (nSPS) is 11.3. The lowest BCUT2D eigenvalue weighted by Gasteiger charge is -2.31. The van der Waals surface area contributed by atoms with Crippen molar-refractivity contribution in [1.29, 1.82) is 0 Å². The van der Waals surface area contributed by atoms with Gasteiger partial charge in [-0.1, -0.05) is 52.3 Å². The van der Waals surface area contributed by atoms with E-state index in [0.29, 0.717) is 24.6 Å². The van der Waals surface area contributed by atoms with Crippen LogP contribution in [0.25, 0.3) is 0 Å². The van der Waals surface area contributed by atoms with Crippen LogP contribution in [0, 0.1) is 11.3 Å². The molecule has 0 aliphatic carbocycles. The maximum absolute atomic E-state index is 12.8. The number of aliphatic hydroxyl groups excluding tert-OH is 1. The zero-order valence-corrected chi connectivity index (χ0v) is 18.4. The molecule has 8 heteroatoms. The maximum atomic E-state index is 12.8. The van der Waals surface area contributed by atoms with Crippen molar-refractivity contribution < 1.29 is 24.7 Å². The minimum absolute atomic E-state index is 0.0163. The first kappa shape index (κ1) is 25.6. The number of para-hydroxylation sites is 1. The van der Waals surface area contributed by atoms with Crippen LogP contribution in [0.2, 0.25) is 0 Å². The van der Waals surface area contributed by atoms with Gasteiger partial charge in [-0.25, -0.2) is 4.79 Å². The zero-order valence-electron chi connectivity index (χ0n) is 18.4. The molecule has 30 heavy (non-hydrogen) atoms. The Morgan fingerprint density at radius 1 is 1.07 bits per heavy atom. The van der Waals surface area contributed by atoms with E-state index in [-0.39, 0.29) is 37.0 Å². The molecule has 1 aromatic rings. The number of hydrogen-bond acceptors (Lipinski definition) is 5. The fraction of sp³-hybridized carbons (Fsp3) is 0.591. The summed E-state index contributed by atoms with van der Waals surface area (Å²) in [4.78, 5) is 38.2. The Balaban J connectivity index is 2.60. The standard InChI is InChI=1S/C22H35N3O5/c1-17(2)9-8-12-20(28)25(30)21(29)23-14-13-19(27)24(15-22(3,4)16-26)18-10-6-5-7-11-18/h5-7,10-11,17,26,30H,8-9,12-16H2,1-4H3,(H,23,29). The first-order chi connectivity index (χ1) is 14.1. The lowest BCUT2D eigenvalue weighted by Crippen LogP contribution is -2.44. The molecule has 168 valence electrons. The number of rotatable bonds is 11. The molecule has 4 amide bonds. The van der Waals surface area contributed by atoms with Crippen LogP contribution in [0.3, 0.4) is 0 Å². The third-order valence-corrected chi connectivity index (χ3v) is 4.60. The van der Waals surface area contributed by atoms with Gasteiger partial charge in [0.05, 0.1) is 0 Å². The summed E-state index contributed by atoms with van der Waals surface area (Å²) in [6.07, 6.45) is 1.48. The summed E-state index contributed by atoms with van der Waals surface area (Å²) in [6, 6.07) is 8.14. The highest BCUT2D eigenvalue weighted by atomic mass is 16.5. The quantitative estimate of drug-likeness (QED) is 0.375. The Morgan fingerprint density at radius 2 is 1.70 bits per heavy atom. The first-order valence-corrected chi connectivity index (χ1v) is 10.3. The van der Waals surface area contributed by atoms with Crippen LogP contribution in [0.15, 0.2) is 30.3 Å². The summed E-state index contributed by atoms with van der Waals surface area (Å²) >= 11 is 0. The number of amides is 4. The lowest BCUT2D eigenvalue weighted by molar-refractivity contribution is -0.152. The summed E-state index contributed by atoms with van der Waals surface area (Å²) in [6.45, 7) is 7.96. The maximum Gasteiger partial charge on any atom is 0.348 e. The Morgan fingerprint density at radius 3 is 2.27 bits per heavy atom. The fourth-order valence-corrected chi connectivity index (χ4v) is 2.78. The molecule has 1 rings (SSSR count). The van der Waals surface area contributed by atoms with E-state index in [9.17, 15) is 24.7 Å². The highest BCUT2D eigenvalue weighted by Crippen LogP contribution is 2.22. The van der Waals surface area contributed by atoms with Crippen LogP contribution in [-0.2, 0) is 9.59 Å². The predicted octanol–water partition coefficient (Wildman–Crippen LogP) is 3.18. The Bertz CT molecular complexity index is 691. The lowest BCUT2D eigenvalue weighted by atomic mass is 9.93. The molecule has 8 nitrogen and oxygen atoms in total. The topological polar surface area (TPSA) is 110 Å². The number of benzene rings is 1. The molecule has 0 fully saturated rings. The van der Waals surface area contributed by atoms with Gasteiger partial charge in [0.2, 0.25) is 5.91 Å². The van der Waals surface area contributed by atoms with Gasteiger partial charge in [-0.2, -0.15) is 0 Å². The van der Waals surface area contributed by atoms with Crippen molar-refractivity contribution >= 4 is 23.5 Å². The smallest absolute Gasteiger partial charge is 0.348 e. The molecule has 0 saturated carbocycles. The van der Waals surface area contributed by atoms with Gasteiger partial charge < -0.3 is 15.3 Å². The van der Waals surface area contributed by atoms with Gasteiger partial charge in [0.1, 0.15) is 0 Å². The van der Waals surface area contributed by atoms with Crippen LogP contribution >= 0.6 is 0 Å². The molecule has 0 aliphatic heterocycles. The fourth-order valence-electron chi connectivity index (χ4n) is 2.78. The molecule has 0 aromatic heterocycles. The molecule has 1 aromatic carbocycles. The Hall–Kier alpha value is -2.45. The average molecular weight is 422 g/mol. The zero-order chi connectivity index (χ0) is 22.7. The molecule has 0 aliphatic rings. The van der Waals surface area contributed by atoms with Gasteiger partial charge in [-0.05, 0) is 24.5 Å². The minimum Gasteiger partial charge on any atom is -0.396 e. The molecule has 0 bridgehead atoms. The third kappa shape index (κ3) is 8.92. The number of hydrogen-bond donors (Lipinski definition) is 3. The predicted molar refractivity (Wildman–Crippen MR) is 115 cm³/mol. The molecular weight excluding hydrogens is 386 g/mol. The number of urea groups is 1. The number of carbonyl (C=O) groups excluding carboxylic acids is 3. The Labute approximate surface area is 178 Å². The van der Waals surface area contributed by atoms with E-state index in [1.807, 2.05) is 45.9 Å².